The lowest BCUT2D eigenvalue weighted by Gasteiger charge is -2.33. The second kappa shape index (κ2) is 8.59. The molecule has 2 heterocycles. The number of urea groups is 1. The molecule has 2 aliphatic rings. The predicted octanol–water partition coefficient (Wildman–Crippen LogP) is 3.10. The van der Waals surface area contributed by atoms with Crippen LogP contribution in [0.25, 0.3) is 0 Å². The lowest BCUT2D eigenvalue weighted by atomic mass is 9.95. The molecule has 0 bridgehead atoms. The zero-order chi connectivity index (χ0) is 21.1. The van der Waals surface area contributed by atoms with Gasteiger partial charge in [0.2, 0.25) is 0 Å². The number of nitrogens with zero attached hydrogens (tertiary/aromatic N) is 2. The molecule has 1 unspecified atom stereocenters. The fourth-order valence-electron chi connectivity index (χ4n) is 3.71. The van der Waals surface area contributed by atoms with Crippen LogP contribution < -0.4 is 14.8 Å². The minimum atomic E-state index is -0.556. The zero-order valence-corrected chi connectivity index (χ0v) is 17.5. The molecule has 0 saturated heterocycles. The fourth-order valence-corrected chi connectivity index (χ4v) is 3.71. The highest BCUT2D eigenvalue weighted by molar-refractivity contribution is 6.01. The van der Waals surface area contributed by atoms with Crippen molar-refractivity contribution in [2.24, 2.45) is 5.92 Å². The van der Waals surface area contributed by atoms with Crippen molar-refractivity contribution in [2.75, 3.05) is 33.9 Å². The highest BCUT2D eigenvalue weighted by atomic mass is 16.5. The first kappa shape index (κ1) is 20.8. The molecule has 7 heteroatoms. The van der Waals surface area contributed by atoms with Crippen LogP contribution in [0.4, 0.5) is 4.79 Å². The molecule has 0 aromatic heterocycles. The van der Waals surface area contributed by atoms with E-state index in [2.05, 4.69) is 25.7 Å². The number of ether oxygens (including phenoxy) is 2. The molecule has 1 atom stereocenters. The maximum absolute atomic E-state index is 13.3. The van der Waals surface area contributed by atoms with Crippen LogP contribution in [0.5, 0.6) is 11.5 Å². The Morgan fingerprint density at radius 3 is 2.41 bits per heavy atom. The number of rotatable bonds is 8. The molecule has 7 nitrogen and oxygen atoms in total. The molecule has 0 radical (unpaired) electrons. The molecular weight excluding hydrogens is 370 g/mol. The summed E-state index contributed by atoms with van der Waals surface area (Å²) in [6, 6.07) is 4.61. The molecule has 156 valence electrons. The number of carbonyl (C=O) groups excluding carboxylic acids is 2. The molecule has 0 aliphatic carbocycles. The van der Waals surface area contributed by atoms with Crippen LogP contribution in [0.1, 0.15) is 31.9 Å². The van der Waals surface area contributed by atoms with Crippen LogP contribution in [0.2, 0.25) is 0 Å². The van der Waals surface area contributed by atoms with Gasteiger partial charge in [-0.05, 0) is 30.0 Å². The molecule has 0 spiro atoms. The summed E-state index contributed by atoms with van der Waals surface area (Å²) < 4.78 is 10.7. The van der Waals surface area contributed by atoms with Gasteiger partial charge in [0.05, 0.1) is 38.1 Å². The Morgan fingerprint density at radius 1 is 1.21 bits per heavy atom. The average Bonchev–Trinajstić information content (AvgIpc) is 3.04. The molecule has 1 aromatic carbocycles. The maximum Gasteiger partial charge on any atom is 0.322 e. The van der Waals surface area contributed by atoms with Crippen LogP contribution in [-0.4, -0.2) is 55.6 Å². The van der Waals surface area contributed by atoms with Gasteiger partial charge in [-0.1, -0.05) is 19.9 Å². The molecule has 29 heavy (non-hydrogen) atoms. The quantitative estimate of drug-likeness (QED) is 0.682. The summed E-state index contributed by atoms with van der Waals surface area (Å²) >= 11 is 0. The van der Waals surface area contributed by atoms with Gasteiger partial charge in [0.1, 0.15) is 11.5 Å². The van der Waals surface area contributed by atoms with Crippen molar-refractivity contribution in [3.8, 4) is 11.5 Å². The Labute approximate surface area is 171 Å². The summed E-state index contributed by atoms with van der Waals surface area (Å²) in [5.41, 5.74) is 2.10. The Balaban J connectivity index is 2.03. The van der Waals surface area contributed by atoms with Gasteiger partial charge in [-0.25, -0.2) is 4.79 Å². The molecule has 1 N–H and O–H groups in total. The number of amides is 3. The third-order valence-corrected chi connectivity index (χ3v) is 5.29. The normalized spacial score (nSPS) is 18.9. The molecule has 2 aliphatic heterocycles. The number of hydrogen-bond acceptors (Lipinski definition) is 4. The van der Waals surface area contributed by atoms with Crippen molar-refractivity contribution in [2.45, 2.75) is 26.3 Å². The van der Waals surface area contributed by atoms with E-state index in [-0.39, 0.29) is 11.9 Å². The van der Waals surface area contributed by atoms with Gasteiger partial charge in [0, 0.05) is 19.2 Å². The number of nitrogens with one attached hydrogen (secondary N) is 1. The van der Waals surface area contributed by atoms with Crippen molar-refractivity contribution >= 4 is 11.9 Å². The van der Waals surface area contributed by atoms with Gasteiger partial charge in [0.15, 0.2) is 0 Å². The second-order valence-electron chi connectivity index (χ2n) is 7.70. The van der Waals surface area contributed by atoms with E-state index >= 15 is 0 Å². The fraction of sp³-hybridized carbons (Fsp3) is 0.455. The van der Waals surface area contributed by atoms with E-state index in [0.29, 0.717) is 42.6 Å². The molecule has 3 amide bonds. The van der Waals surface area contributed by atoms with Crippen LogP contribution in [0.15, 0.2) is 42.1 Å². The predicted molar refractivity (Wildman–Crippen MR) is 111 cm³/mol. The Bertz CT molecular complexity index is 824. The Kier molecular flexibility index (Phi) is 6.15. The van der Waals surface area contributed by atoms with Crippen LogP contribution in [0, 0.1) is 5.92 Å². The first-order valence-corrected chi connectivity index (χ1v) is 9.83. The van der Waals surface area contributed by atoms with Gasteiger partial charge < -0.3 is 19.7 Å². The standard InChI is InChI=1S/C22H29N3O4/c1-6-8-25-18-13-24(9-7-14(2)3)21(26)19(18)20(23-22(25)27)15-10-16(28-4)12-17(11-15)29-5/h6,10-12,14,20H,1,7-9,13H2,2-5H3,(H,23,27). The van der Waals surface area contributed by atoms with Crippen molar-refractivity contribution in [1.82, 2.24) is 15.1 Å². The van der Waals surface area contributed by atoms with Gasteiger partial charge in [-0.2, -0.15) is 0 Å². The van der Waals surface area contributed by atoms with E-state index in [0.717, 1.165) is 17.7 Å². The van der Waals surface area contributed by atoms with E-state index in [4.69, 9.17) is 9.47 Å². The summed E-state index contributed by atoms with van der Waals surface area (Å²) in [6.07, 6.45) is 2.58. The number of hydrogen-bond donors (Lipinski definition) is 1. The van der Waals surface area contributed by atoms with E-state index in [1.807, 2.05) is 17.0 Å². The zero-order valence-electron chi connectivity index (χ0n) is 17.5. The Morgan fingerprint density at radius 2 is 1.86 bits per heavy atom. The minimum Gasteiger partial charge on any atom is -0.497 e. The van der Waals surface area contributed by atoms with Gasteiger partial charge in [-0.15, -0.1) is 6.58 Å². The highest BCUT2D eigenvalue weighted by Crippen LogP contribution is 2.38. The van der Waals surface area contributed by atoms with Crippen LogP contribution >= 0.6 is 0 Å². The second-order valence-corrected chi connectivity index (χ2v) is 7.70. The minimum absolute atomic E-state index is 0.0403. The van der Waals surface area contributed by atoms with Crippen LogP contribution in [0.3, 0.4) is 0 Å². The summed E-state index contributed by atoms with van der Waals surface area (Å²) in [4.78, 5) is 29.6. The monoisotopic (exact) mass is 399 g/mol. The van der Waals surface area contributed by atoms with Crippen molar-refractivity contribution in [1.29, 1.82) is 0 Å². The smallest absolute Gasteiger partial charge is 0.322 e. The molecule has 0 fully saturated rings. The first-order chi connectivity index (χ1) is 13.9. The third-order valence-electron chi connectivity index (χ3n) is 5.29. The summed E-state index contributed by atoms with van der Waals surface area (Å²) in [5.74, 6) is 1.65. The number of carbonyl (C=O) groups is 2. The van der Waals surface area contributed by atoms with Crippen LogP contribution in [-0.2, 0) is 4.79 Å². The lowest BCUT2D eigenvalue weighted by molar-refractivity contribution is -0.125. The molecule has 1 aromatic rings. The van der Waals surface area contributed by atoms with E-state index < -0.39 is 6.04 Å². The maximum atomic E-state index is 13.3. The number of methoxy groups -OCH3 is 2. The first-order valence-electron chi connectivity index (χ1n) is 9.83. The molecule has 0 saturated carbocycles. The van der Waals surface area contributed by atoms with E-state index in [1.54, 1.807) is 31.3 Å². The summed E-state index contributed by atoms with van der Waals surface area (Å²) in [5, 5.41) is 2.98. The number of benzene rings is 1. The van der Waals surface area contributed by atoms with E-state index in [1.165, 1.54) is 0 Å². The van der Waals surface area contributed by atoms with Gasteiger partial charge in [-0.3, -0.25) is 9.69 Å². The van der Waals surface area contributed by atoms with Gasteiger partial charge in [0.25, 0.3) is 5.91 Å². The molecule has 3 rings (SSSR count). The van der Waals surface area contributed by atoms with Crippen molar-refractivity contribution in [3.05, 3.63) is 47.7 Å². The molecular formula is C22H29N3O4. The topological polar surface area (TPSA) is 71.1 Å². The van der Waals surface area contributed by atoms with E-state index in [9.17, 15) is 9.59 Å². The third kappa shape index (κ3) is 4.09. The van der Waals surface area contributed by atoms with Crippen molar-refractivity contribution in [3.63, 3.8) is 0 Å². The highest BCUT2D eigenvalue weighted by Gasteiger charge is 2.43. The average molecular weight is 399 g/mol. The summed E-state index contributed by atoms with van der Waals surface area (Å²) in [6.45, 7) is 9.46. The Hall–Kier alpha value is -2.96. The summed E-state index contributed by atoms with van der Waals surface area (Å²) in [7, 11) is 3.14. The SMILES string of the molecule is C=CCN1C(=O)NC(c2cc(OC)cc(OC)c2)C2=C1CN(CCC(C)C)C2=O. The van der Waals surface area contributed by atoms with Crippen molar-refractivity contribution < 1.29 is 19.1 Å². The van der Waals surface area contributed by atoms with Gasteiger partial charge >= 0.3 is 6.03 Å². The largest absolute Gasteiger partial charge is 0.497 e. The lowest BCUT2D eigenvalue weighted by Crippen LogP contribution is -2.47.